The molecule has 0 spiro atoms. The summed E-state index contributed by atoms with van der Waals surface area (Å²) in [5.74, 6) is 0. The second-order valence-corrected chi connectivity index (χ2v) is 5.21. The van der Waals surface area contributed by atoms with Gasteiger partial charge in [-0.2, -0.15) is 0 Å². The van der Waals surface area contributed by atoms with Crippen LogP contribution in [0.1, 0.15) is 23.9 Å². The molecule has 0 N–H and O–H groups in total. The molecule has 0 saturated heterocycles. The Morgan fingerprint density at radius 1 is 1.24 bits per heavy atom. The van der Waals surface area contributed by atoms with E-state index in [2.05, 4.69) is 34.9 Å². The molecule has 3 rings (SSSR count). The number of hydrogen-bond donors (Lipinski definition) is 0. The third kappa shape index (κ3) is 1.52. The summed E-state index contributed by atoms with van der Waals surface area (Å²) in [6.07, 6.45) is 2.59. The van der Waals surface area contributed by atoms with E-state index in [0.717, 1.165) is 28.2 Å². The van der Waals surface area contributed by atoms with Gasteiger partial charge in [0.2, 0.25) is 0 Å². The molecule has 3 aromatic heterocycles. The molecule has 3 aromatic rings. The van der Waals surface area contributed by atoms with Crippen molar-refractivity contribution in [3.05, 3.63) is 29.3 Å². The number of aromatic nitrogens is 3. The van der Waals surface area contributed by atoms with E-state index in [-0.39, 0.29) is 0 Å². The largest absolute Gasteiger partial charge is 0.242 e. The van der Waals surface area contributed by atoms with Crippen molar-refractivity contribution in [1.29, 1.82) is 0 Å². The smallest absolute Gasteiger partial charge is 0.126 e. The molecule has 0 aliphatic rings. The molecule has 0 radical (unpaired) electrons. The van der Waals surface area contributed by atoms with Crippen LogP contribution in [0, 0.1) is 13.8 Å². The lowest BCUT2D eigenvalue weighted by Crippen LogP contribution is -1.88. The SMILES string of the molecule is CCc1ncnc2c1sc1nc(C)cc(C)c12. The molecule has 0 atom stereocenters. The number of aryl methyl sites for hydroxylation is 3. The van der Waals surface area contributed by atoms with E-state index in [1.54, 1.807) is 17.7 Å². The standard InChI is InChI=1S/C13H13N3S/c1-4-9-12-11(15-6-14-9)10-7(2)5-8(3)16-13(10)17-12/h5-6H,4H2,1-3H3. The van der Waals surface area contributed by atoms with Crippen LogP contribution in [0.25, 0.3) is 20.4 Å². The number of thiophene rings is 1. The van der Waals surface area contributed by atoms with Crippen LogP contribution in [0.5, 0.6) is 0 Å². The van der Waals surface area contributed by atoms with Crippen molar-refractivity contribution < 1.29 is 0 Å². The quantitative estimate of drug-likeness (QED) is 0.657. The maximum Gasteiger partial charge on any atom is 0.126 e. The van der Waals surface area contributed by atoms with Gasteiger partial charge in [-0.15, -0.1) is 11.3 Å². The topological polar surface area (TPSA) is 38.7 Å². The Balaban J connectivity index is 2.54. The van der Waals surface area contributed by atoms with Gasteiger partial charge >= 0.3 is 0 Å². The lowest BCUT2D eigenvalue weighted by molar-refractivity contribution is 1.04. The summed E-state index contributed by atoms with van der Waals surface area (Å²) in [7, 11) is 0. The monoisotopic (exact) mass is 243 g/mol. The summed E-state index contributed by atoms with van der Waals surface area (Å²) in [5.41, 5.74) is 4.49. The van der Waals surface area contributed by atoms with Gasteiger partial charge in [0.15, 0.2) is 0 Å². The Morgan fingerprint density at radius 3 is 2.82 bits per heavy atom. The summed E-state index contributed by atoms with van der Waals surface area (Å²) in [6.45, 7) is 6.28. The van der Waals surface area contributed by atoms with Gasteiger partial charge in [-0.05, 0) is 31.9 Å². The highest BCUT2D eigenvalue weighted by Gasteiger charge is 2.13. The molecule has 17 heavy (non-hydrogen) atoms. The molecular weight excluding hydrogens is 230 g/mol. The normalized spacial score (nSPS) is 11.5. The van der Waals surface area contributed by atoms with Crippen molar-refractivity contribution in [3.8, 4) is 0 Å². The fourth-order valence-corrected chi connectivity index (χ4v) is 3.52. The van der Waals surface area contributed by atoms with E-state index < -0.39 is 0 Å². The molecule has 0 unspecified atom stereocenters. The van der Waals surface area contributed by atoms with Crippen molar-refractivity contribution in [1.82, 2.24) is 15.0 Å². The van der Waals surface area contributed by atoms with E-state index >= 15 is 0 Å². The Hall–Kier alpha value is -1.55. The van der Waals surface area contributed by atoms with Crippen LogP contribution in [0.15, 0.2) is 12.4 Å². The van der Waals surface area contributed by atoms with Crippen LogP contribution in [-0.2, 0) is 6.42 Å². The van der Waals surface area contributed by atoms with Gasteiger partial charge in [-0.1, -0.05) is 6.92 Å². The molecule has 0 bridgehead atoms. The Morgan fingerprint density at radius 2 is 2.06 bits per heavy atom. The van der Waals surface area contributed by atoms with Crippen LogP contribution in [0.2, 0.25) is 0 Å². The van der Waals surface area contributed by atoms with Crippen LogP contribution in [0.3, 0.4) is 0 Å². The molecule has 86 valence electrons. The lowest BCUT2D eigenvalue weighted by atomic mass is 10.1. The van der Waals surface area contributed by atoms with E-state index in [1.165, 1.54) is 15.6 Å². The molecule has 0 fully saturated rings. The van der Waals surface area contributed by atoms with Gasteiger partial charge in [0.05, 0.1) is 15.9 Å². The summed E-state index contributed by atoms with van der Waals surface area (Å²) >= 11 is 1.71. The molecule has 0 aliphatic carbocycles. The Kier molecular flexibility index (Phi) is 2.33. The minimum absolute atomic E-state index is 0.934. The molecule has 4 heteroatoms. The number of nitrogens with zero attached hydrogens (tertiary/aromatic N) is 3. The first-order valence-corrected chi connectivity index (χ1v) is 6.52. The number of fused-ring (bicyclic) bond motifs is 3. The second kappa shape index (κ2) is 3.74. The molecule has 3 nitrogen and oxygen atoms in total. The van der Waals surface area contributed by atoms with Crippen LogP contribution in [-0.4, -0.2) is 15.0 Å². The molecule has 0 amide bonds. The summed E-state index contributed by atoms with van der Waals surface area (Å²) < 4.78 is 1.19. The molecule has 0 saturated carbocycles. The van der Waals surface area contributed by atoms with Crippen molar-refractivity contribution in [2.45, 2.75) is 27.2 Å². The highest BCUT2D eigenvalue weighted by molar-refractivity contribution is 7.25. The van der Waals surface area contributed by atoms with Crippen molar-refractivity contribution >= 4 is 31.8 Å². The second-order valence-electron chi connectivity index (χ2n) is 4.21. The fourth-order valence-electron chi connectivity index (χ4n) is 2.21. The van der Waals surface area contributed by atoms with Gasteiger partial charge in [0.1, 0.15) is 11.2 Å². The Bertz CT molecular complexity index is 715. The van der Waals surface area contributed by atoms with Crippen molar-refractivity contribution in [2.24, 2.45) is 0 Å². The van der Waals surface area contributed by atoms with Crippen molar-refractivity contribution in [2.75, 3.05) is 0 Å². The maximum absolute atomic E-state index is 4.60. The average Bonchev–Trinajstić information content (AvgIpc) is 2.66. The van der Waals surface area contributed by atoms with Gasteiger partial charge in [0.25, 0.3) is 0 Å². The maximum atomic E-state index is 4.60. The highest BCUT2D eigenvalue weighted by atomic mass is 32.1. The first-order valence-electron chi connectivity index (χ1n) is 5.71. The zero-order valence-corrected chi connectivity index (χ0v) is 10.9. The van der Waals surface area contributed by atoms with Crippen LogP contribution >= 0.6 is 11.3 Å². The molecule has 0 aromatic carbocycles. The number of pyridine rings is 1. The van der Waals surface area contributed by atoms with Crippen molar-refractivity contribution in [3.63, 3.8) is 0 Å². The highest BCUT2D eigenvalue weighted by Crippen LogP contribution is 2.34. The third-order valence-corrected chi connectivity index (χ3v) is 4.08. The van der Waals surface area contributed by atoms with Gasteiger partial charge in [-0.3, -0.25) is 0 Å². The first-order chi connectivity index (χ1) is 8.20. The Labute approximate surface area is 104 Å². The van der Waals surface area contributed by atoms with Crippen LogP contribution in [0.4, 0.5) is 0 Å². The van der Waals surface area contributed by atoms with Gasteiger partial charge in [0, 0.05) is 11.1 Å². The predicted octanol–water partition coefficient (Wildman–Crippen LogP) is 3.42. The molecular formula is C13H13N3S. The van der Waals surface area contributed by atoms with E-state index in [0.29, 0.717) is 0 Å². The zero-order valence-electron chi connectivity index (χ0n) is 10.1. The van der Waals surface area contributed by atoms with E-state index in [4.69, 9.17) is 0 Å². The summed E-state index contributed by atoms with van der Waals surface area (Å²) in [6, 6.07) is 2.11. The first kappa shape index (κ1) is 10.6. The summed E-state index contributed by atoms with van der Waals surface area (Å²) in [4.78, 5) is 14.4. The van der Waals surface area contributed by atoms with Gasteiger partial charge in [-0.25, -0.2) is 15.0 Å². The number of rotatable bonds is 1. The predicted molar refractivity (Wildman–Crippen MR) is 71.6 cm³/mol. The van der Waals surface area contributed by atoms with E-state index in [1.807, 2.05) is 6.92 Å². The lowest BCUT2D eigenvalue weighted by Gasteiger charge is -1.99. The molecule has 0 aliphatic heterocycles. The minimum Gasteiger partial charge on any atom is -0.242 e. The summed E-state index contributed by atoms with van der Waals surface area (Å²) in [5, 5.41) is 1.19. The van der Waals surface area contributed by atoms with Crippen LogP contribution < -0.4 is 0 Å². The average molecular weight is 243 g/mol. The third-order valence-electron chi connectivity index (χ3n) is 2.96. The molecule has 3 heterocycles. The number of hydrogen-bond acceptors (Lipinski definition) is 4. The van der Waals surface area contributed by atoms with E-state index in [9.17, 15) is 0 Å². The fraction of sp³-hybridized carbons (Fsp3) is 0.308. The van der Waals surface area contributed by atoms with Gasteiger partial charge < -0.3 is 0 Å². The zero-order chi connectivity index (χ0) is 12.0. The minimum atomic E-state index is 0.934.